The Morgan fingerprint density at radius 1 is 1.30 bits per heavy atom. The fourth-order valence-corrected chi connectivity index (χ4v) is 2.50. The Hall–Kier alpha value is -1.90. The monoisotopic (exact) mass is 357 g/mol. The molecular weight excluding hydrogens is 342 g/mol. The van der Waals surface area contributed by atoms with Crippen LogP contribution in [0.15, 0.2) is 34.9 Å². The highest BCUT2D eigenvalue weighted by molar-refractivity contribution is 7.89. The number of carbonyl (C=O) groups is 1. The number of aromatic nitrogens is 1. The maximum Gasteiger partial charge on any atom is 0.226 e. The molecule has 0 bridgehead atoms. The molecule has 1 aromatic heterocycles. The summed E-state index contributed by atoms with van der Waals surface area (Å²) < 4.78 is 29.8. The number of rotatable bonds is 7. The van der Waals surface area contributed by atoms with Crippen LogP contribution < -0.4 is 10.0 Å². The molecule has 1 amide bonds. The number of halogens is 1. The molecule has 9 heteroatoms. The van der Waals surface area contributed by atoms with Crippen LogP contribution >= 0.6 is 11.6 Å². The van der Waals surface area contributed by atoms with E-state index in [9.17, 15) is 13.2 Å². The molecule has 2 aromatic rings. The number of amides is 1. The highest BCUT2D eigenvalue weighted by atomic mass is 35.5. The zero-order chi connectivity index (χ0) is 16.9. The van der Waals surface area contributed by atoms with Gasteiger partial charge in [-0.1, -0.05) is 16.8 Å². The van der Waals surface area contributed by atoms with E-state index in [0.717, 1.165) is 5.56 Å². The number of nitrogens with zero attached hydrogens (tertiary/aromatic N) is 1. The maximum atomic E-state index is 11.8. The average molecular weight is 358 g/mol. The summed E-state index contributed by atoms with van der Waals surface area (Å²) in [7, 11) is -2.01. The van der Waals surface area contributed by atoms with Crippen LogP contribution in [0.5, 0.6) is 0 Å². The van der Waals surface area contributed by atoms with Gasteiger partial charge >= 0.3 is 0 Å². The molecule has 0 saturated carbocycles. The van der Waals surface area contributed by atoms with E-state index in [4.69, 9.17) is 16.1 Å². The number of carbonyl (C=O) groups excluding carboxylic acids is 1. The van der Waals surface area contributed by atoms with Crippen LogP contribution in [-0.4, -0.2) is 38.8 Å². The topological polar surface area (TPSA) is 101 Å². The molecule has 0 aliphatic carbocycles. The van der Waals surface area contributed by atoms with Crippen molar-refractivity contribution in [1.82, 2.24) is 15.2 Å². The van der Waals surface area contributed by atoms with Crippen LogP contribution in [0.1, 0.15) is 5.69 Å². The molecule has 0 saturated heterocycles. The summed E-state index contributed by atoms with van der Waals surface area (Å²) in [5.41, 5.74) is 1.26. The molecule has 0 radical (unpaired) electrons. The first-order valence-corrected chi connectivity index (χ1v) is 8.82. The number of nitrogens with one attached hydrogen (secondary N) is 2. The first-order chi connectivity index (χ1) is 10.9. The molecule has 1 aromatic carbocycles. The standard InChI is InChI=1S/C14H16ClN3O4S/c1-16-23(20,21)7-6-17-14(19)9-12-8-13(22-18-12)10-2-4-11(15)5-3-10/h2-5,8,16H,6-7,9H2,1H3,(H,17,19). The van der Waals surface area contributed by atoms with Gasteiger partial charge in [-0.2, -0.15) is 0 Å². The van der Waals surface area contributed by atoms with Crippen molar-refractivity contribution in [2.75, 3.05) is 19.3 Å². The van der Waals surface area contributed by atoms with Gasteiger partial charge in [-0.25, -0.2) is 13.1 Å². The second kappa shape index (κ2) is 7.58. The Bertz CT molecular complexity index is 772. The second-order valence-corrected chi connectivity index (χ2v) is 7.22. The van der Waals surface area contributed by atoms with Crippen molar-refractivity contribution in [1.29, 1.82) is 0 Å². The van der Waals surface area contributed by atoms with E-state index in [0.29, 0.717) is 16.5 Å². The molecule has 0 spiro atoms. The lowest BCUT2D eigenvalue weighted by Gasteiger charge is -2.04. The summed E-state index contributed by atoms with van der Waals surface area (Å²) in [6.07, 6.45) is 0.0106. The summed E-state index contributed by atoms with van der Waals surface area (Å²) in [6.45, 7) is 0.0316. The van der Waals surface area contributed by atoms with Crippen LogP contribution in [-0.2, 0) is 21.2 Å². The Labute approximate surface area is 139 Å². The zero-order valence-electron chi connectivity index (χ0n) is 12.4. The Balaban J connectivity index is 1.89. The molecular formula is C14H16ClN3O4S. The Morgan fingerprint density at radius 2 is 2.00 bits per heavy atom. The number of sulfonamides is 1. The quantitative estimate of drug-likeness (QED) is 0.775. The minimum Gasteiger partial charge on any atom is -0.356 e. The van der Waals surface area contributed by atoms with Gasteiger partial charge in [-0.15, -0.1) is 0 Å². The zero-order valence-corrected chi connectivity index (χ0v) is 13.9. The summed E-state index contributed by atoms with van der Waals surface area (Å²) >= 11 is 5.82. The van der Waals surface area contributed by atoms with Crippen LogP contribution in [0.25, 0.3) is 11.3 Å². The third-order valence-electron chi connectivity index (χ3n) is 3.03. The van der Waals surface area contributed by atoms with Gasteiger partial charge in [0.15, 0.2) is 5.76 Å². The molecule has 7 nitrogen and oxygen atoms in total. The minimum absolute atomic E-state index is 0.0106. The molecule has 1 heterocycles. The Morgan fingerprint density at radius 3 is 2.65 bits per heavy atom. The maximum absolute atomic E-state index is 11.8. The molecule has 0 unspecified atom stereocenters. The fourth-order valence-electron chi connectivity index (χ4n) is 1.80. The van der Waals surface area contributed by atoms with Crippen molar-refractivity contribution < 1.29 is 17.7 Å². The van der Waals surface area contributed by atoms with E-state index in [-0.39, 0.29) is 24.6 Å². The molecule has 23 heavy (non-hydrogen) atoms. The molecule has 2 rings (SSSR count). The molecule has 0 atom stereocenters. The number of hydrogen-bond acceptors (Lipinski definition) is 5. The van der Waals surface area contributed by atoms with Gasteiger partial charge in [0.05, 0.1) is 17.9 Å². The van der Waals surface area contributed by atoms with E-state index in [1.54, 1.807) is 30.3 Å². The van der Waals surface area contributed by atoms with Crippen molar-refractivity contribution in [2.45, 2.75) is 6.42 Å². The molecule has 0 aliphatic rings. The lowest BCUT2D eigenvalue weighted by Crippen LogP contribution is -2.33. The van der Waals surface area contributed by atoms with Gasteiger partial charge in [0, 0.05) is 23.2 Å². The summed E-state index contributed by atoms with van der Waals surface area (Å²) in [4.78, 5) is 11.8. The second-order valence-electron chi connectivity index (χ2n) is 4.74. The molecule has 2 N–H and O–H groups in total. The van der Waals surface area contributed by atoms with Crippen LogP contribution in [0.2, 0.25) is 5.02 Å². The third-order valence-corrected chi connectivity index (χ3v) is 4.65. The first-order valence-electron chi connectivity index (χ1n) is 6.79. The van der Waals surface area contributed by atoms with Crippen molar-refractivity contribution >= 4 is 27.5 Å². The van der Waals surface area contributed by atoms with Crippen LogP contribution in [0.3, 0.4) is 0 Å². The van der Waals surface area contributed by atoms with E-state index in [1.165, 1.54) is 7.05 Å². The predicted molar refractivity (Wildman–Crippen MR) is 86.5 cm³/mol. The van der Waals surface area contributed by atoms with E-state index in [1.807, 2.05) is 0 Å². The van der Waals surface area contributed by atoms with Crippen molar-refractivity contribution in [2.24, 2.45) is 0 Å². The van der Waals surface area contributed by atoms with Crippen molar-refractivity contribution in [3.8, 4) is 11.3 Å². The van der Waals surface area contributed by atoms with Gasteiger partial charge in [-0.05, 0) is 31.3 Å². The minimum atomic E-state index is -3.33. The number of hydrogen-bond donors (Lipinski definition) is 2. The highest BCUT2D eigenvalue weighted by Crippen LogP contribution is 2.22. The van der Waals surface area contributed by atoms with E-state index >= 15 is 0 Å². The SMILES string of the molecule is CNS(=O)(=O)CCNC(=O)Cc1cc(-c2ccc(Cl)cc2)on1. The Kier molecular flexibility index (Phi) is 5.75. The predicted octanol–water partition coefficient (Wildman–Crippen LogP) is 1.20. The molecule has 0 fully saturated rings. The van der Waals surface area contributed by atoms with Gasteiger partial charge in [0.25, 0.3) is 0 Å². The lowest BCUT2D eigenvalue weighted by atomic mass is 10.1. The summed E-state index contributed by atoms with van der Waals surface area (Å²) in [5, 5.41) is 6.96. The lowest BCUT2D eigenvalue weighted by molar-refractivity contribution is -0.120. The number of benzene rings is 1. The van der Waals surface area contributed by atoms with Gasteiger partial charge in [0.1, 0.15) is 0 Å². The summed E-state index contributed by atoms with van der Waals surface area (Å²) in [5.74, 6) is 0.0267. The van der Waals surface area contributed by atoms with Crippen LogP contribution in [0, 0.1) is 0 Å². The van der Waals surface area contributed by atoms with Gasteiger partial charge in [0.2, 0.25) is 15.9 Å². The fraction of sp³-hybridized carbons (Fsp3) is 0.286. The van der Waals surface area contributed by atoms with E-state index in [2.05, 4.69) is 15.2 Å². The normalized spacial score (nSPS) is 11.4. The smallest absolute Gasteiger partial charge is 0.226 e. The van der Waals surface area contributed by atoms with E-state index < -0.39 is 10.0 Å². The molecule has 124 valence electrons. The van der Waals surface area contributed by atoms with Crippen molar-refractivity contribution in [3.63, 3.8) is 0 Å². The average Bonchev–Trinajstić information content (AvgIpc) is 2.96. The molecule has 0 aliphatic heterocycles. The third kappa shape index (κ3) is 5.34. The summed E-state index contributed by atoms with van der Waals surface area (Å²) in [6, 6.07) is 8.69. The van der Waals surface area contributed by atoms with Gasteiger partial charge < -0.3 is 9.84 Å². The van der Waals surface area contributed by atoms with Gasteiger partial charge in [-0.3, -0.25) is 4.79 Å². The highest BCUT2D eigenvalue weighted by Gasteiger charge is 2.12. The largest absolute Gasteiger partial charge is 0.356 e. The first kappa shape index (κ1) is 17.5. The van der Waals surface area contributed by atoms with Crippen LogP contribution in [0.4, 0.5) is 0 Å². The van der Waals surface area contributed by atoms with Crippen molar-refractivity contribution in [3.05, 3.63) is 41.0 Å².